The number of aliphatic hydroxyl groups is 1. The van der Waals surface area contributed by atoms with E-state index in [2.05, 4.69) is 42.6 Å². The average Bonchev–Trinajstić information content (AvgIpc) is 3.20. The smallest absolute Gasteiger partial charge is 0.165 e. The van der Waals surface area contributed by atoms with E-state index in [9.17, 15) is 9.90 Å². The molecule has 3 aromatic rings. The Labute approximate surface area is 176 Å². The van der Waals surface area contributed by atoms with Crippen molar-refractivity contribution in [3.8, 4) is 0 Å². The molecule has 0 bridgehead atoms. The van der Waals surface area contributed by atoms with Gasteiger partial charge in [0.1, 0.15) is 0 Å². The molecule has 1 saturated carbocycles. The minimum atomic E-state index is -0.390. The van der Waals surface area contributed by atoms with E-state index in [1.165, 1.54) is 16.7 Å². The van der Waals surface area contributed by atoms with Crippen molar-refractivity contribution in [1.29, 1.82) is 0 Å². The second-order valence-corrected chi connectivity index (χ2v) is 8.65. The lowest BCUT2D eigenvalue weighted by molar-refractivity contribution is -0.123. The number of Topliss-reactive ketones (excluding diaryl/α,β-unsaturated/α-hetero) is 1. The Morgan fingerprint density at radius 3 is 2.53 bits per heavy atom. The molecular weight excluding hydrogens is 372 g/mol. The number of aliphatic hydroxyl groups excluding tert-OH is 1. The zero-order chi connectivity index (χ0) is 20.7. The molecule has 0 unspecified atom stereocenters. The summed E-state index contributed by atoms with van der Waals surface area (Å²) in [6.07, 6.45) is 5.57. The van der Waals surface area contributed by atoms with Crippen LogP contribution in [0.15, 0.2) is 78.7 Å². The highest BCUT2D eigenvalue weighted by Gasteiger charge is 2.55. The third kappa shape index (κ3) is 2.82. The van der Waals surface area contributed by atoms with Gasteiger partial charge in [-0.25, -0.2) is 0 Å². The van der Waals surface area contributed by atoms with Crippen molar-refractivity contribution >= 4 is 5.78 Å². The fourth-order valence-corrected chi connectivity index (χ4v) is 5.66. The summed E-state index contributed by atoms with van der Waals surface area (Å²) in [6, 6.07) is 20.8. The lowest BCUT2D eigenvalue weighted by atomic mass is 9.52. The number of hydrogen-bond donors (Lipinski definition) is 1. The highest BCUT2D eigenvalue weighted by Crippen LogP contribution is 2.55. The van der Waals surface area contributed by atoms with Crippen molar-refractivity contribution in [2.45, 2.75) is 38.1 Å². The van der Waals surface area contributed by atoms with Gasteiger partial charge in [-0.3, -0.25) is 9.48 Å². The van der Waals surface area contributed by atoms with Crippen LogP contribution in [0.5, 0.6) is 0 Å². The molecular formula is C26H26N2O2. The largest absolute Gasteiger partial charge is 0.515 e. The number of ketones is 1. The van der Waals surface area contributed by atoms with Crippen LogP contribution in [0.2, 0.25) is 0 Å². The molecule has 1 aromatic heterocycles. The highest BCUT2D eigenvalue weighted by molar-refractivity contribution is 5.98. The quantitative estimate of drug-likeness (QED) is 0.508. The average molecular weight is 399 g/mol. The molecule has 2 aromatic carbocycles. The van der Waals surface area contributed by atoms with E-state index >= 15 is 0 Å². The number of carbonyl (C=O) groups excluding carboxylic acids is 1. The van der Waals surface area contributed by atoms with Gasteiger partial charge in [-0.2, -0.15) is 5.10 Å². The Morgan fingerprint density at radius 2 is 1.83 bits per heavy atom. The lowest BCUT2D eigenvalue weighted by Gasteiger charge is -2.49. The van der Waals surface area contributed by atoms with Crippen LogP contribution in [0, 0.1) is 11.8 Å². The fourth-order valence-electron chi connectivity index (χ4n) is 5.66. The fraction of sp³-hybridized carbons (Fsp3) is 0.308. The number of aryl methyl sites for hydroxylation is 1. The maximum atomic E-state index is 12.9. The first kappa shape index (κ1) is 18.9. The van der Waals surface area contributed by atoms with E-state index < -0.39 is 5.41 Å². The number of nitrogens with zero attached hydrogens (tertiary/aromatic N) is 2. The molecule has 2 aliphatic carbocycles. The van der Waals surface area contributed by atoms with Crippen molar-refractivity contribution in [1.82, 2.24) is 9.78 Å². The maximum absolute atomic E-state index is 12.9. The van der Waals surface area contributed by atoms with Gasteiger partial charge in [0, 0.05) is 23.1 Å². The molecule has 0 amide bonds. The highest BCUT2D eigenvalue weighted by atomic mass is 16.2. The van der Waals surface area contributed by atoms with Gasteiger partial charge in [-0.05, 0) is 41.9 Å². The standard InChI is InChI=1S/C26H26N2O2/c1-18-23-13-12-20-16-28(15-19-8-4-2-5-9-19)27-25(20)26(23,14-21(17-29)24(18)30)22-10-6-3-7-11-22/h2-11,16-18,23,29H,12-15H2,1H3/b21-17-/t18-,23-,26+/m0/s1. The molecule has 1 heterocycles. The van der Waals surface area contributed by atoms with E-state index in [0.717, 1.165) is 31.3 Å². The first-order chi connectivity index (χ1) is 14.6. The number of carbonyl (C=O) groups is 1. The minimum absolute atomic E-state index is 0.0706. The topological polar surface area (TPSA) is 55.1 Å². The SMILES string of the molecule is C[C@@H]1C(=O)/C(=C\O)C[C@]2(c3ccccc3)c3nn(Cc4ccccc4)cc3CC[C@@H]12. The molecule has 0 saturated heterocycles. The molecule has 0 spiro atoms. The van der Waals surface area contributed by atoms with Gasteiger partial charge in [-0.15, -0.1) is 0 Å². The number of hydrogen-bond acceptors (Lipinski definition) is 3. The maximum Gasteiger partial charge on any atom is 0.165 e. The zero-order valence-electron chi connectivity index (χ0n) is 17.2. The third-order valence-electron chi connectivity index (χ3n) is 7.05. The predicted molar refractivity (Wildman–Crippen MR) is 116 cm³/mol. The van der Waals surface area contributed by atoms with Gasteiger partial charge in [0.25, 0.3) is 0 Å². The van der Waals surface area contributed by atoms with Crippen LogP contribution in [0.1, 0.15) is 42.1 Å². The number of allylic oxidation sites excluding steroid dienone is 1. The second kappa shape index (κ2) is 7.28. The van der Waals surface area contributed by atoms with E-state index in [0.29, 0.717) is 12.0 Å². The van der Waals surface area contributed by atoms with Crippen LogP contribution < -0.4 is 0 Å². The molecule has 2 aliphatic rings. The molecule has 4 heteroatoms. The Hall–Kier alpha value is -3.14. The van der Waals surface area contributed by atoms with Crippen molar-refractivity contribution in [3.63, 3.8) is 0 Å². The summed E-state index contributed by atoms with van der Waals surface area (Å²) in [4.78, 5) is 12.9. The first-order valence-electron chi connectivity index (χ1n) is 10.7. The summed E-state index contributed by atoms with van der Waals surface area (Å²) < 4.78 is 2.04. The monoisotopic (exact) mass is 398 g/mol. The summed E-state index contributed by atoms with van der Waals surface area (Å²) >= 11 is 0. The van der Waals surface area contributed by atoms with E-state index in [-0.39, 0.29) is 17.6 Å². The number of aromatic nitrogens is 2. The first-order valence-corrected chi connectivity index (χ1v) is 10.7. The third-order valence-corrected chi connectivity index (χ3v) is 7.05. The van der Waals surface area contributed by atoms with E-state index in [1.807, 2.05) is 35.9 Å². The minimum Gasteiger partial charge on any atom is -0.515 e. The van der Waals surface area contributed by atoms with Crippen molar-refractivity contribution < 1.29 is 9.90 Å². The number of benzene rings is 2. The summed E-state index contributed by atoms with van der Waals surface area (Å²) in [5, 5.41) is 15.0. The van der Waals surface area contributed by atoms with Gasteiger partial charge >= 0.3 is 0 Å². The Kier molecular flexibility index (Phi) is 4.58. The summed E-state index contributed by atoms with van der Waals surface area (Å²) in [5.74, 6) is 0.0923. The van der Waals surface area contributed by atoms with Gasteiger partial charge in [-0.1, -0.05) is 67.6 Å². The number of rotatable bonds is 3. The lowest BCUT2D eigenvalue weighted by Crippen LogP contribution is -2.50. The van der Waals surface area contributed by atoms with Crippen molar-refractivity contribution in [2.75, 3.05) is 0 Å². The molecule has 152 valence electrons. The Bertz CT molecular complexity index is 1100. The van der Waals surface area contributed by atoms with Crippen molar-refractivity contribution in [3.05, 3.63) is 101 Å². The Balaban J connectivity index is 1.67. The van der Waals surface area contributed by atoms with E-state index in [4.69, 9.17) is 5.10 Å². The number of fused-ring (bicyclic) bond motifs is 3. The van der Waals surface area contributed by atoms with Crippen LogP contribution in [0.25, 0.3) is 0 Å². The van der Waals surface area contributed by atoms with Crippen LogP contribution in [0.4, 0.5) is 0 Å². The molecule has 30 heavy (non-hydrogen) atoms. The molecule has 5 rings (SSSR count). The molecule has 3 atom stereocenters. The Morgan fingerprint density at radius 1 is 1.13 bits per heavy atom. The van der Waals surface area contributed by atoms with Crippen LogP contribution in [-0.2, 0) is 23.2 Å². The van der Waals surface area contributed by atoms with Crippen LogP contribution in [-0.4, -0.2) is 20.7 Å². The van der Waals surface area contributed by atoms with Crippen LogP contribution >= 0.6 is 0 Å². The summed E-state index contributed by atoms with van der Waals surface area (Å²) in [5.41, 5.74) is 4.83. The van der Waals surface area contributed by atoms with Crippen LogP contribution in [0.3, 0.4) is 0 Å². The predicted octanol–water partition coefficient (Wildman–Crippen LogP) is 4.83. The van der Waals surface area contributed by atoms with Gasteiger partial charge in [0.2, 0.25) is 0 Å². The molecule has 4 nitrogen and oxygen atoms in total. The van der Waals surface area contributed by atoms with E-state index in [1.54, 1.807) is 0 Å². The molecule has 1 N–H and O–H groups in total. The van der Waals surface area contributed by atoms with Gasteiger partial charge in [0.05, 0.1) is 18.5 Å². The van der Waals surface area contributed by atoms with Gasteiger partial charge < -0.3 is 5.11 Å². The summed E-state index contributed by atoms with van der Waals surface area (Å²) in [7, 11) is 0. The molecule has 0 aliphatic heterocycles. The normalized spacial score (nSPS) is 27.0. The second-order valence-electron chi connectivity index (χ2n) is 8.65. The molecule has 1 fully saturated rings. The van der Waals surface area contributed by atoms with Crippen molar-refractivity contribution in [2.24, 2.45) is 11.8 Å². The summed E-state index contributed by atoms with van der Waals surface area (Å²) in [6.45, 7) is 2.74. The van der Waals surface area contributed by atoms with Gasteiger partial charge in [0.15, 0.2) is 5.78 Å². The zero-order valence-corrected chi connectivity index (χ0v) is 17.2. The molecule has 0 radical (unpaired) electrons.